The van der Waals surface area contributed by atoms with Crippen molar-refractivity contribution in [2.75, 3.05) is 32.7 Å². The molecule has 1 aliphatic heterocycles. The van der Waals surface area contributed by atoms with Crippen LogP contribution in [0.2, 0.25) is 0 Å². The lowest BCUT2D eigenvalue weighted by Gasteiger charge is -2.27. The molecule has 2 fully saturated rings. The minimum absolute atomic E-state index is 0.0564. The third kappa shape index (κ3) is 3.79. The largest absolute Gasteiger partial charge is 0.345 e. The summed E-state index contributed by atoms with van der Waals surface area (Å²) in [5.74, 6) is 1.63. The highest BCUT2D eigenvalue weighted by Gasteiger charge is 2.19. The van der Waals surface area contributed by atoms with Gasteiger partial charge in [-0.15, -0.1) is 0 Å². The van der Waals surface area contributed by atoms with Crippen molar-refractivity contribution in [1.82, 2.24) is 24.6 Å². The van der Waals surface area contributed by atoms with Crippen LogP contribution in [0.25, 0.3) is 0 Å². The third-order valence-electron chi connectivity index (χ3n) is 5.11. The molecule has 22 heavy (non-hydrogen) atoms. The number of hydrogen-bond donors (Lipinski definition) is 1. The quantitative estimate of drug-likeness (QED) is 0.866. The number of rotatable bonds is 5. The lowest BCUT2D eigenvalue weighted by atomic mass is 9.89. The Morgan fingerprint density at radius 1 is 1.18 bits per heavy atom. The van der Waals surface area contributed by atoms with Gasteiger partial charge in [0.15, 0.2) is 0 Å². The van der Waals surface area contributed by atoms with E-state index in [4.69, 9.17) is 0 Å². The van der Waals surface area contributed by atoms with E-state index in [1.807, 2.05) is 4.57 Å². The molecule has 1 N–H and O–H groups in total. The number of aromatic nitrogens is 3. The molecule has 0 atom stereocenters. The summed E-state index contributed by atoms with van der Waals surface area (Å²) in [6.45, 7) is 6.19. The van der Waals surface area contributed by atoms with Crippen LogP contribution < -0.4 is 11.0 Å². The van der Waals surface area contributed by atoms with Crippen LogP contribution in [0.15, 0.2) is 4.79 Å². The molecule has 0 unspecified atom stereocenters. The van der Waals surface area contributed by atoms with Crippen LogP contribution in [0.3, 0.4) is 0 Å². The van der Waals surface area contributed by atoms with Gasteiger partial charge in [0.2, 0.25) is 0 Å². The Kier molecular flexibility index (Phi) is 5.31. The Hall–Kier alpha value is -1.14. The zero-order valence-electron chi connectivity index (χ0n) is 13.8. The first kappa shape index (κ1) is 15.7. The van der Waals surface area contributed by atoms with Gasteiger partial charge >= 0.3 is 5.69 Å². The fourth-order valence-electron chi connectivity index (χ4n) is 3.74. The molecule has 3 rings (SSSR count). The number of aryl methyl sites for hydroxylation is 1. The van der Waals surface area contributed by atoms with Crippen molar-refractivity contribution < 1.29 is 0 Å². The molecule has 0 aromatic carbocycles. The molecule has 6 heteroatoms. The van der Waals surface area contributed by atoms with Gasteiger partial charge in [-0.25, -0.2) is 9.48 Å². The average Bonchev–Trinajstić information content (AvgIpc) is 2.83. The molecule has 1 saturated carbocycles. The van der Waals surface area contributed by atoms with E-state index in [1.165, 1.54) is 36.8 Å². The average molecular weight is 307 g/mol. The maximum atomic E-state index is 12.4. The van der Waals surface area contributed by atoms with Crippen molar-refractivity contribution >= 4 is 0 Å². The second kappa shape index (κ2) is 7.42. The molecule has 0 amide bonds. The van der Waals surface area contributed by atoms with Crippen molar-refractivity contribution in [3.05, 3.63) is 16.3 Å². The van der Waals surface area contributed by atoms with E-state index in [1.54, 1.807) is 7.05 Å². The maximum Gasteiger partial charge on any atom is 0.345 e. The molecule has 1 aromatic heterocycles. The molecule has 1 aromatic rings. The van der Waals surface area contributed by atoms with E-state index in [2.05, 4.69) is 15.3 Å². The molecular formula is C16H29N5O. The van der Waals surface area contributed by atoms with E-state index < -0.39 is 0 Å². The fourth-order valence-corrected chi connectivity index (χ4v) is 3.74. The second-order valence-electron chi connectivity index (χ2n) is 6.78. The van der Waals surface area contributed by atoms with E-state index >= 15 is 0 Å². The Morgan fingerprint density at radius 3 is 2.64 bits per heavy atom. The topological polar surface area (TPSA) is 55.1 Å². The van der Waals surface area contributed by atoms with Crippen molar-refractivity contribution in [1.29, 1.82) is 0 Å². The van der Waals surface area contributed by atoms with E-state index in [9.17, 15) is 4.79 Å². The second-order valence-corrected chi connectivity index (χ2v) is 6.78. The van der Waals surface area contributed by atoms with Crippen molar-refractivity contribution in [3.63, 3.8) is 0 Å². The van der Waals surface area contributed by atoms with Gasteiger partial charge in [-0.05, 0) is 18.8 Å². The van der Waals surface area contributed by atoms with Gasteiger partial charge in [0, 0.05) is 52.7 Å². The first-order valence-corrected chi connectivity index (χ1v) is 8.80. The van der Waals surface area contributed by atoms with Crippen LogP contribution in [0, 0.1) is 5.92 Å². The summed E-state index contributed by atoms with van der Waals surface area (Å²) in [5, 5.41) is 7.86. The van der Waals surface area contributed by atoms with E-state index in [0.717, 1.165) is 51.5 Å². The van der Waals surface area contributed by atoms with Gasteiger partial charge in [-0.3, -0.25) is 4.57 Å². The molecule has 6 nitrogen and oxygen atoms in total. The fraction of sp³-hybridized carbons (Fsp3) is 0.875. The summed E-state index contributed by atoms with van der Waals surface area (Å²) in [6.07, 6.45) is 7.39. The summed E-state index contributed by atoms with van der Waals surface area (Å²) in [5.41, 5.74) is 0.0564. The third-order valence-corrected chi connectivity index (χ3v) is 5.11. The highest BCUT2D eigenvalue weighted by Crippen LogP contribution is 2.24. The minimum Gasteiger partial charge on any atom is -0.314 e. The number of nitrogens with one attached hydrogen (secondary N) is 1. The summed E-state index contributed by atoms with van der Waals surface area (Å²) >= 11 is 0. The van der Waals surface area contributed by atoms with Crippen molar-refractivity contribution in [2.24, 2.45) is 13.0 Å². The lowest BCUT2D eigenvalue weighted by molar-refractivity contribution is 0.240. The van der Waals surface area contributed by atoms with Crippen LogP contribution >= 0.6 is 0 Å². The summed E-state index contributed by atoms with van der Waals surface area (Å²) in [6, 6.07) is 0. The van der Waals surface area contributed by atoms with Crippen LogP contribution in [0.1, 0.15) is 37.9 Å². The highest BCUT2D eigenvalue weighted by atomic mass is 16.2. The van der Waals surface area contributed by atoms with Crippen LogP contribution in [0.4, 0.5) is 0 Å². The first-order chi connectivity index (χ1) is 10.7. The highest BCUT2D eigenvalue weighted by molar-refractivity contribution is 4.90. The Balaban J connectivity index is 1.64. The SMILES string of the molecule is Cn1nc(CCN2CCNCC2)n(CC2CCCCC2)c1=O. The number of hydrogen-bond acceptors (Lipinski definition) is 4. The van der Waals surface area contributed by atoms with Crippen molar-refractivity contribution in [3.8, 4) is 0 Å². The molecule has 0 bridgehead atoms. The molecule has 0 spiro atoms. The van der Waals surface area contributed by atoms with Crippen LogP contribution in [0.5, 0.6) is 0 Å². The van der Waals surface area contributed by atoms with E-state index in [-0.39, 0.29) is 5.69 Å². The van der Waals surface area contributed by atoms with Gasteiger partial charge in [0.05, 0.1) is 0 Å². The minimum atomic E-state index is 0.0564. The molecule has 2 heterocycles. The van der Waals surface area contributed by atoms with Gasteiger partial charge in [0.25, 0.3) is 0 Å². The number of piperazine rings is 1. The lowest BCUT2D eigenvalue weighted by Crippen LogP contribution is -2.44. The first-order valence-electron chi connectivity index (χ1n) is 8.80. The Morgan fingerprint density at radius 2 is 1.91 bits per heavy atom. The van der Waals surface area contributed by atoms with Crippen LogP contribution in [-0.4, -0.2) is 52.0 Å². The van der Waals surface area contributed by atoms with Gasteiger partial charge < -0.3 is 10.2 Å². The predicted molar refractivity (Wildman–Crippen MR) is 87.1 cm³/mol. The summed E-state index contributed by atoms with van der Waals surface area (Å²) in [7, 11) is 1.77. The van der Waals surface area contributed by atoms with Gasteiger partial charge in [-0.2, -0.15) is 5.10 Å². The summed E-state index contributed by atoms with van der Waals surface area (Å²) < 4.78 is 3.45. The molecular weight excluding hydrogens is 278 g/mol. The summed E-state index contributed by atoms with van der Waals surface area (Å²) in [4.78, 5) is 14.8. The van der Waals surface area contributed by atoms with Gasteiger partial charge in [-0.1, -0.05) is 19.3 Å². The van der Waals surface area contributed by atoms with Crippen molar-refractivity contribution in [2.45, 2.75) is 45.1 Å². The molecule has 124 valence electrons. The van der Waals surface area contributed by atoms with E-state index in [0.29, 0.717) is 5.92 Å². The van der Waals surface area contributed by atoms with Gasteiger partial charge in [0.1, 0.15) is 5.82 Å². The normalized spacial score (nSPS) is 21.3. The molecule has 1 aliphatic carbocycles. The smallest absolute Gasteiger partial charge is 0.314 e. The number of nitrogens with zero attached hydrogens (tertiary/aromatic N) is 4. The predicted octanol–water partition coefficient (Wildman–Crippen LogP) is 0.610. The Labute approximate surface area is 132 Å². The zero-order valence-corrected chi connectivity index (χ0v) is 13.8. The van der Waals surface area contributed by atoms with Crippen LogP contribution in [-0.2, 0) is 20.0 Å². The monoisotopic (exact) mass is 307 g/mol. The standard InChI is InChI=1S/C16H29N5O/c1-19-16(22)21(13-14-5-3-2-4-6-14)15(18-19)7-10-20-11-8-17-9-12-20/h14,17H,2-13H2,1H3. The Bertz CT molecular complexity index is 523. The molecule has 2 aliphatic rings. The maximum absolute atomic E-state index is 12.4. The molecule has 0 radical (unpaired) electrons. The zero-order chi connectivity index (χ0) is 15.4. The molecule has 1 saturated heterocycles.